The lowest BCUT2D eigenvalue weighted by molar-refractivity contribution is -0.131. The molecule has 8 amide bonds. The average molecular weight is 827 g/mol. The van der Waals surface area contributed by atoms with Gasteiger partial charge in [0.25, 0.3) is 0 Å². The molecule has 1 heterocycles. The van der Waals surface area contributed by atoms with Crippen molar-refractivity contribution < 1.29 is 48.6 Å². The lowest BCUT2D eigenvalue weighted by Gasteiger charge is -2.22. The fourth-order valence-corrected chi connectivity index (χ4v) is 6.51. The molecule has 4 atom stereocenters. The first-order chi connectivity index (χ1) is 27.0. The van der Waals surface area contributed by atoms with Crippen LogP contribution in [0.1, 0.15) is 91.4 Å². The molecule has 1 rings (SSSR count). The Kier molecular flexibility index (Phi) is 24.1. The summed E-state index contributed by atoms with van der Waals surface area (Å²) in [5, 5.41) is 39.7. The first-order valence-electron chi connectivity index (χ1n) is 19.2. The Hall–Kier alpha value is -5.05. The van der Waals surface area contributed by atoms with Gasteiger partial charge in [-0.1, -0.05) is 6.92 Å². The molecule has 13 N–H and O–H groups in total. The van der Waals surface area contributed by atoms with E-state index in [0.717, 1.165) is 16.3 Å². The summed E-state index contributed by atoms with van der Waals surface area (Å²) in [5.74, 6) is -4.41. The van der Waals surface area contributed by atoms with Crippen molar-refractivity contribution in [1.29, 1.82) is 0 Å². The summed E-state index contributed by atoms with van der Waals surface area (Å²) in [6.07, 6.45) is 4.11. The molecule has 0 radical (unpaired) electrons. The highest BCUT2D eigenvalue weighted by Gasteiger charge is 2.28. The van der Waals surface area contributed by atoms with E-state index in [1.54, 1.807) is 6.92 Å². The van der Waals surface area contributed by atoms with Crippen LogP contribution in [0.5, 0.6) is 11.8 Å². The van der Waals surface area contributed by atoms with E-state index in [2.05, 4.69) is 37.2 Å². The van der Waals surface area contributed by atoms with Gasteiger partial charge in [0, 0.05) is 65.2 Å². The molecule has 0 saturated carbocycles. The van der Waals surface area contributed by atoms with E-state index < -0.39 is 53.7 Å². The summed E-state index contributed by atoms with van der Waals surface area (Å²) in [6.45, 7) is 5.28. The zero-order chi connectivity index (χ0) is 42.9. The van der Waals surface area contributed by atoms with E-state index in [0.29, 0.717) is 64.5 Å². The van der Waals surface area contributed by atoms with Gasteiger partial charge in [-0.25, -0.2) is 0 Å². The molecule has 20 nitrogen and oxygen atoms in total. The number of unbranched alkanes of at least 4 members (excludes halogenated alkanes) is 3. The molecule has 1 aromatic heterocycles. The zero-order valence-electron chi connectivity index (χ0n) is 33.4. The minimum Gasteiger partial charge on any atom is -0.494 e. The largest absolute Gasteiger partial charge is 0.494 e. The Morgan fingerprint density at radius 3 is 1.84 bits per heavy atom. The molecule has 0 aliphatic carbocycles. The van der Waals surface area contributed by atoms with E-state index in [-0.39, 0.29) is 72.5 Å². The summed E-state index contributed by atoms with van der Waals surface area (Å²) in [4.78, 5) is 98.3. The Morgan fingerprint density at radius 1 is 0.719 bits per heavy atom. The summed E-state index contributed by atoms with van der Waals surface area (Å²) in [7, 11) is 1.45. The van der Waals surface area contributed by atoms with Crippen molar-refractivity contribution in [3.63, 3.8) is 0 Å². The topological polar surface area (TPSA) is 318 Å². The van der Waals surface area contributed by atoms with Gasteiger partial charge in [0.05, 0.1) is 4.90 Å². The Bertz CT molecular complexity index is 1510. The van der Waals surface area contributed by atoms with E-state index in [9.17, 15) is 48.6 Å². The Labute approximate surface area is 337 Å². The molecule has 4 unspecified atom stereocenters. The van der Waals surface area contributed by atoms with E-state index >= 15 is 0 Å². The maximum Gasteiger partial charge on any atom is 0.244 e. The van der Waals surface area contributed by atoms with Crippen molar-refractivity contribution >= 4 is 59.0 Å². The molecule has 57 heavy (non-hydrogen) atoms. The monoisotopic (exact) mass is 826 g/mol. The maximum absolute atomic E-state index is 13.1. The molecule has 0 aliphatic rings. The number of aromatic nitrogens is 1. The number of hydrogen-bond donors (Lipinski definition) is 11. The van der Waals surface area contributed by atoms with Crippen LogP contribution in [0.25, 0.3) is 0 Å². The zero-order valence-corrected chi connectivity index (χ0v) is 34.2. The average Bonchev–Trinajstić information content (AvgIpc) is 3.43. The summed E-state index contributed by atoms with van der Waals surface area (Å²) in [5.41, 5.74) is 11.1. The maximum atomic E-state index is 13.1. The number of likely N-dealkylation sites (N-methyl/N-ethyl adjacent to an activating group) is 1. The van der Waals surface area contributed by atoms with Crippen LogP contribution >= 0.6 is 11.8 Å². The number of carbonyl (C=O) groups excluding carboxylic acids is 8. The lowest BCUT2D eigenvalue weighted by Crippen LogP contribution is -2.54. The van der Waals surface area contributed by atoms with Crippen LogP contribution in [0, 0.1) is 0 Å². The van der Waals surface area contributed by atoms with Crippen LogP contribution in [0.2, 0.25) is 0 Å². The summed E-state index contributed by atoms with van der Waals surface area (Å²) in [6, 6.07) is -2.55. The van der Waals surface area contributed by atoms with Crippen LogP contribution < -0.4 is 48.7 Å². The molecular weight excluding hydrogens is 765 g/mol. The SMILES string of the molecule is CCC(=O)NC(CCCCNC(C)=O)C(=O)NC(CCCCNC(=O)CCn1c(O)cc(SCC(NC(C)=O)C(=O)NC(CCCCN)C(=O)NC)c1O)C(N)=O. The third-order valence-corrected chi connectivity index (χ3v) is 9.78. The number of aromatic hydroxyl groups is 2. The first kappa shape index (κ1) is 50.0. The Balaban J connectivity index is 2.67. The number of primary amides is 1. The predicted molar refractivity (Wildman–Crippen MR) is 212 cm³/mol. The van der Waals surface area contributed by atoms with Gasteiger partial charge in [0.1, 0.15) is 24.2 Å². The minimum atomic E-state index is -1.08. The van der Waals surface area contributed by atoms with Gasteiger partial charge in [0.2, 0.25) is 53.1 Å². The number of carbonyl (C=O) groups is 8. The van der Waals surface area contributed by atoms with Crippen molar-refractivity contribution in [3.8, 4) is 11.8 Å². The van der Waals surface area contributed by atoms with Crippen LogP contribution in [0.15, 0.2) is 11.0 Å². The number of rotatable bonds is 29. The van der Waals surface area contributed by atoms with Crippen LogP contribution in [-0.2, 0) is 44.9 Å². The first-order valence-corrected chi connectivity index (χ1v) is 20.2. The molecule has 0 spiro atoms. The van der Waals surface area contributed by atoms with Crippen molar-refractivity contribution in [2.45, 2.75) is 127 Å². The number of thioether (sulfide) groups is 1. The van der Waals surface area contributed by atoms with Crippen molar-refractivity contribution in [1.82, 2.24) is 41.8 Å². The molecule has 1 aromatic rings. The van der Waals surface area contributed by atoms with Gasteiger partial charge in [0.15, 0.2) is 5.88 Å². The molecule has 0 aliphatic heterocycles. The predicted octanol–water partition coefficient (Wildman–Crippen LogP) is -1.30. The normalized spacial score (nSPS) is 12.9. The molecule has 0 saturated heterocycles. The van der Waals surface area contributed by atoms with Crippen LogP contribution in [0.4, 0.5) is 0 Å². The van der Waals surface area contributed by atoms with Gasteiger partial charge in [-0.3, -0.25) is 42.9 Å². The number of nitrogens with zero attached hydrogens (tertiary/aromatic N) is 1. The summed E-state index contributed by atoms with van der Waals surface area (Å²) < 4.78 is 1.12. The van der Waals surface area contributed by atoms with Crippen LogP contribution in [-0.4, -0.2) is 119 Å². The highest BCUT2D eigenvalue weighted by molar-refractivity contribution is 7.99. The van der Waals surface area contributed by atoms with Gasteiger partial charge in [-0.05, 0) is 64.3 Å². The molecule has 0 fully saturated rings. The standard InChI is InChI=1S/C36H62N10O10S/c1-5-29(49)43-26(14-8-10-17-40-22(2)47)34(54)44-24(32(38)52)12-7-11-18-41-30(50)15-19-46-31(51)20-28(36(46)56)57-21-27(42-23(3)48)35(55)45-25(33(53)39-4)13-6-9-16-37/h20,24-27,51,56H,5-19,21,37H2,1-4H3,(H2,38,52)(H,39,53)(H,40,47)(H,41,50)(H,42,48)(H,43,49)(H,44,54)(H,45,55). The fraction of sp³-hybridized carbons (Fsp3) is 0.667. The minimum absolute atomic E-state index is 0.0520. The molecule has 21 heteroatoms. The van der Waals surface area contributed by atoms with E-state index in [1.807, 2.05) is 0 Å². The van der Waals surface area contributed by atoms with Crippen molar-refractivity contribution in [2.75, 3.05) is 32.4 Å². The number of amides is 8. The second kappa shape index (κ2) is 27.5. The third kappa shape index (κ3) is 20.1. The molecule has 322 valence electrons. The van der Waals surface area contributed by atoms with Gasteiger partial charge >= 0.3 is 0 Å². The number of nitrogens with one attached hydrogen (secondary N) is 7. The van der Waals surface area contributed by atoms with E-state index in [1.165, 1.54) is 27.0 Å². The van der Waals surface area contributed by atoms with Gasteiger partial charge in [-0.15, -0.1) is 11.8 Å². The fourth-order valence-electron chi connectivity index (χ4n) is 5.50. The third-order valence-electron chi connectivity index (χ3n) is 8.67. The van der Waals surface area contributed by atoms with E-state index in [4.69, 9.17) is 11.5 Å². The second-order valence-corrected chi connectivity index (χ2v) is 14.4. The second-order valence-electron chi connectivity index (χ2n) is 13.4. The quantitative estimate of drug-likeness (QED) is 0.0332. The van der Waals surface area contributed by atoms with Crippen molar-refractivity contribution in [2.24, 2.45) is 11.5 Å². The smallest absolute Gasteiger partial charge is 0.244 e. The highest BCUT2D eigenvalue weighted by Crippen LogP contribution is 2.36. The number of hydrogen-bond acceptors (Lipinski definition) is 12. The highest BCUT2D eigenvalue weighted by atomic mass is 32.2. The van der Waals surface area contributed by atoms with Crippen molar-refractivity contribution in [3.05, 3.63) is 6.07 Å². The van der Waals surface area contributed by atoms with Gasteiger partial charge < -0.3 is 58.9 Å². The Morgan fingerprint density at radius 2 is 1.28 bits per heavy atom. The van der Waals surface area contributed by atoms with Crippen LogP contribution in [0.3, 0.4) is 0 Å². The molecular formula is C36H62N10O10S. The number of nitrogens with two attached hydrogens (primary N) is 2. The lowest BCUT2D eigenvalue weighted by atomic mass is 10.1. The summed E-state index contributed by atoms with van der Waals surface area (Å²) >= 11 is 0.981. The van der Waals surface area contributed by atoms with Gasteiger partial charge in [-0.2, -0.15) is 0 Å². The molecule has 0 aromatic carbocycles. The molecule has 0 bridgehead atoms.